The van der Waals surface area contributed by atoms with Crippen LogP contribution in [0, 0.1) is 0 Å². The summed E-state index contributed by atoms with van der Waals surface area (Å²) in [7, 11) is 4.53. The summed E-state index contributed by atoms with van der Waals surface area (Å²) >= 11 is 0. The SMILES string of the molecule is COc1ccc2c(c1)OCC(O)(c1ccc(OC)cc1OC)C2=O. The highest BCUT2D eigenvalue weighted by molar-refractivity contribution is 6.06. The first-order valence-corrected chi connectivity index (χ1v) is 7.34. The second-order valence-electron chi connectivity index (χ2n) is 5.41. The fraction of sp³-hybridized carbons (Fsp3) is 0.278. The Balaban J connectivity index is 2.07. The Morgan fingerprint density at radius 1 is 1.00 bits per heavy atom. The Kier molecular flexibility index (Phi) is 4.07. The summed E-state index contributed by atoms with van der Waals surface area (Å²) < 4.78 is 21.2. The van der Waals surface area contributed by atoms with Gasteiger partial charge >= 0.3 is 0 Å². The zero-order chi connectivity index (χ0) is 17.3. The highest BCUT2D eigenvalue weighted by Gasteiger charge is 2.46. The normalized spacial score (nSPS) is 19.2. The van der Waals surface area contributed by atoms with E-state index in [9.17, 15) is 9.90 Å². The highest BCUT2D eigenvalue weighted by atomic mass is 16.5. The fourth-order valence-corrected chi connectivity index (χ4v) is 2.75. The number of carbonyl (C=O) groups is 1. The molecule has 0 amide bonds. The van der Waals surface area contributed by atoms with Gasteiger partial charge in [-0.2, -0.15) is 0 Å². The molecule has 1 aliphatic rings. The van der Waals surface area contributed by atoms with Crippen molar-refractivity contribution in [3.63, 3.8) is 0 Å². The molecule has 1 heterocycles. The summed E-state index contributed by atoms with van der Waals surface area (Å²) in [6.07, 6.45) is 0. The van der Waals surface area contributed by atoms with E-state index in [1.54, 1.807) is 36.4 Å². The molecule has 1 unspecified atom stereocenters. The molecule has 6 heteroatoms. The van der Waals surface area contributed by atoms with Crippen LogP contribution in [0.25, 0.3) is 0 Å². The molecular weight excluding hydrogens is 312 g/mol. The molecule has 0 aliphatic carbocycles. The van der Waals surface area contributed by atoms with Crippen molar-refractivity contribution in [2.24, 2.45) is 0 Å². The molecule has 3 rings (SSSR count). The number of carbonyl (C=O) groups excluding carboxylic acids is 1. The molecule has 1 aliphatic heterocycles. The van der Waals surface area contributed by atoms with Crippen molar-refractivity contribution >= 4 is 5.78 Å². The van der Waals surface area contributed by atoms with Crippen LogP contribution in [0.15, 0.2) is 36.4 Å². The van der Waals surface area contributed by atoms with Crippen LogP contribution in [0.2, 0.25) is 0 Å². The monoisotopic (exact) mass is 330 g/mol. The van der Waals surface area contributed by atoms with Crippen molar-refractivity contribution in [2.75, 3.05) is 27.9 Å². The number of aliphatic hydroxyl groups is 1. The Morgan fingerprint density at radius 2 is 1.67 bits per heavy atom. The standard InChI is InChI=1S/C18H18O6/c1-21-11-4-6-13-15(8-11)24-10-18(20,17(13)19)14-7-5-12(22-2)9-16(14)23-3/h4-9,20H,10H2,1-3H3. The second kappa shape index (κ2) is 6.05. The summed E-state index contributed by atoms with van der Waals surface area (Å²) in [6, 6.07) is 9.73. The number of Topliss-reactive ketones (excluding diaryl/α,β-unsaturated/α-hetero) is 1. The van der Waals surface area contributed by atoms with E-state index in [1.807, 2.05) is 0 Å². The first-order chi connectivity index (χ1) is 11.5. The molecule has 126 valence electrons. The summed E-state index contributed by atoms with van der Waals surface area (Å²) in [4.78, 5) is 12.9. The van der Waals surface area contributed by atoms with Crippen LogP contribution in [-0.2, 0) is 5.60 Å². The van der Waals surface area contributed by atoms with Crippen molar-refractivity contribution in [1.29, 1.82) is 0 Å². The molecule has 0 saturated carbocycles. The molecule has 2 aromatic carbocycles. The number of hydrogen-bond acceptors (Lipinski definition) is 6. The van der Waals surface area contributed by atoms with Gasteiger partial charge in [0.15, 0.2) is 5.60 Å². The smallest absolute Gasteiger partial charge is 0.206 e. The predicted octanol–water partition coefficient (Wildman–Crippen LogP) is 2.18. The number of methoxy groups -OCH3 is 3. The summed E-state index contributed by atoms with van der Waals surface area (Å²) in [5, 5.41) is 11.0. The molecule has 0 bridgehead atoms. The predicted molar refractivity (Wildman–Crippen MR) is 86.3 cm³/mol. The van der Waals surface area contributed by atoms with Crippen molar-refractivity contribution in [2.45, 2.75) is 5.60 Å². The number of ether oxygens (including phenoxy) is 4. The van der Waals surface area contributed by atoms with E-state index in [-0.39, 0.29) is 6.61 Å². The van der Waals surface area contributed by atoms with E-state index in [1.165, 1.54) is 21.3 Å². The van der Waals surface area contributed by atoms with Gasteiger partial charge in [0, 0.05) is 17.7 Å². The van der Waals surface area contributed by atoms with Crippen molar-refractivity contribution in [3.05, 3.63) is 47.5 Å². The lowest BCUT2D eigenvalue weighted by atomic mass is 9.84. The molecule has 6 nitrogen and oxygen atoms in total. The molecule has 24 heavy (non-hydrogen) atoms. The first-order valence-electron chi connectivity index (χ1n) is 7.34. The summed E-state index contributed by atoms with van der Waals surface area (Å²) in [6.45, 7) is -0.214. The lowest BCUT2D eigenvalue weighted by Gasteiger charge is -2.33. The van der Waals surface area contributed by atoms with Crippen LogP contribution < -0.4 is 18.9 Å². The number of hydrogen-bond donors (Lipinski definition) is 1. The summed E-state index contributed by atoms with van der Waals surface area (Å²) in [5.41, 5.74) is -1.21. The average Bonchev–Trinajstić information content (AvgIpc) is 2.63. The molecule has 0 aromatic heterocycles. The second-order valence-corrected chi connectivity index (χ2v) is 5.41. The minimum atomic E-state index is -1.83. The van der Waals surface area contributed by atoms with Gasteiger partial charge in [-0.15, -0.1) is 0 Å². The van der Waals surface area contributed by atoms with Crippen LogP contribution >= 0.6 is 0 Å². The third-order valence-corrected chi connectivity index (χ3v) is 4.10. The number of benzene rings is 2. The number of ketones is 1. The molecule has 0 fully saturated rings. The lowest BCUT2D eigenvalue weighted by Crippen LogP contribution is -2.45. The van der Waals surface area contributed by atoms with E-state index in [0.29, 0.717) is 34.1 Å². The van der Waals surface area contributed by atoms with Crippen molar-refractivity contribution in [3.8, 4) is 23.0 Å². The first kappa shape index (κ1) is 16.1. The quantitative estimate of drug-likeness (QED) is 0.926. The van der Waals surface area contributed by atoms with Gasteiger partial charge in [0.1, 0.15) is 29.6 Å². The van der Waals surface area contributed by atoms with E-state index < -0.39 is 11.4 Å². The van der Waals surface area contributed by atoms with Crippen LogP contribution in [-0.4, -0.2) is 38.8 Å². The maximum Gasteiger partial charge on any atom is 0.206 e. The van der Waals surface area contributed by atoms with E-state index in [4.69, 9.17) is 18.9 Å². The minimum absolute atomic E-state index is 0.214. The van der Waals surface area contributed by atoms with E-state index in [2.05, 4.69) is 0 Å². The largest absolute Gasteiger partial charge is 0.497 e. The van der Waals surface area contributed by atoms with Crippen LogP contribution in [0.5, 0.6) is 23.0 Å². The van der Waals surface area contributed by atoms with Gasteiger partial charge in [0.05, 0.1) is 26.9 Å². The molecule has 1 atom stereocenters. The molecule has 0 saturated heterocycles. The summed E-state index contributed by atoms with van der Waals surface area (Å²) in [5.74, 6) is 1.43. The maximum absolute atomic E-state index is 12.9. The molecule has 2 aromatic rings. The Hall–Kier alpha value is -2.73. The molecule has 0 radical (unpaired) electrons. The van der Waals surface area contributed by atoms with E-state index >= 15 is 0 Å². The Labute approximate surface area is 139 Å². The third-order valence-electron chi connectivity index (χ3n) is 4.10. The van der Waals surface area contributed by atoms with Gasteiger partial charge in [-0.1, -0.05) is 0 Å². The number of fused-ring (bicyclic) bond motifs is 1. The highest BCUT2D eigenvalue weighted by Crippen LogP contribution is 2.41. The lowest BCUT2D eigenvalue weighted by molar-refractivity contribution is -0.00634. The third kappa shape index (κ3) is 2.45. The zero-order valence-corrected chi connectivity index (χ0v) is 13.7. The minimum Gasteiger partial charge on any atom is -0.497 e. The van der Waals surface area contributed by atoms with Gasteiger partial charge in [-0.3, -0.25) is 4.79 Å². The van der Waals surface area contributed by atoms with Gasteiger partial charge < -0.3 is 24.1 Å². The van der Waals surface area contributed by atoms with Crippen LogP contribution in [0.1, 0.15) is 15.9 Å². The fourth-order valence-electron chi connectivity index (χ4n) is 2.75. The van der Waals surface area contributed by atoms with Crippen molar-refractivity contribution in [1.82, 2.24) is 0 Å². The van der Waals surface area contributed by atoms with Gasteiger partial charge in [-0.25, -0.2) is 0 Å². The topological polar surface area (TPSA) is 74.2 Å². The van der Waals surface area contributed by atoms with Gasteiger partial charge in [-0.05, 0) is 24.3 Å². The molecule has 0 spiro atoms. The molecule has 1 N–H and O–H groups in total. The van der Waals surface area contributed by atoms with Crippen molar-refractivity contribution < 1.29 is 28.8 Å². The average molecular weight is 330 g/mol. The molecular formula is C18H18O6. The Morgan fingerprint density at radius 3 is 2.33 bits per heavy atom. The Bertz CT molecular complexity index is 785. The van der Waals surface area contributed by atoms with Gasteiger partial charge in [0.2, 0.25) is 5.78 Å². The van der Waals surface area contributed by atoms with E-state index in [0.717, 1.165) is 0 Å². The number of rotatable bonds is 4. The maximum atomic E-state index is 12.9. The van der Waals surface area contributed by atoms with Crippen LogP contribution in [0.4, 0.5) is 0 Å². The van der Waals surface area contributed by atoms with Gasteiger partial charge in [0.25, 0.3) is 0 Å². The van der Waals surface area contributed by atoms with Crippen LogP contribution in [0.3, 0.4) is 0 Å². The zero-order valence-electron chi connectivity index (χ0n) is 13.7.